The Hall–Kier alpha value is -1.53. The van der Waals surface area contributed by atoms with E-state index in [4.69, 9.17) is 20.4 Å². The van der Waals surface area contributed by atoms with Gasteiger partial charge in [0.05, 0.1) is 18.0 Å². The molecule has 10 heteroatoms. The Morgan fingerprint density at radius 1 is 1.52 bits per heavy atom. The quantitative estimate of drug-likeness (QED) is 0.655. The summed E-state index contributed by atoms with van der Waals surface area (Å²) >= 11 is 2.20. The molecule has 25 heavy (non-hydrogen) atoms. The third kappa shape index (κ3) is 5.22. The second kappa shape index (κ2) is 9.25. The summed E-state index contributed by atoms with van der Waals surface area (Å²) in [6, 6.07) is 0.330. The number of hydrogen-bond donors (Lipinski definition) is 2. The summed E-state index contributed by atoms with van der Waals surface area (Å²) in [5.41, 5.74) is 6.80. The van der Waals surface area contributed by atoms with Crippen molar-refractivity contribution in [3.63, 3.8) is 0 Å². The maximum absolute atomic E-state index is 9.00. The first-order valence-electron chi connectivity index (χ1n) is 7.99. The zero-order valence-electron chi connectivity index (χ0n) is 14.4. The predicted octanol–water partition coefficient (Wildman–Crippen LogP) is 1.39. The first-order chi connectivity index (χ1) is 11.9. The number of hydrogen-bond acceptors (Lipinski definition) is 7. The van der Waals surface area contributed by atoms with Gasteiger partial charge in [0, 0.05) is 27.1 Å². The molecule has 0 spiro atoms. The lowest BCUT2D eigenvalue weighted by Crippen LogP contribution is -2.38. The maximum Gasteiger partial charge on any atom is 0.300 e. The number of methoxy groups -OCH3 is 1. The number of nitrogen functional groups attached to an aromatic ring is 1. The molecule has 2 aromatic rings. The third-order valence-electron chi connectivity index (χ3n) is 3.91. The number of rotatable bonds is 4. The number of piperidine rings is 1. The van der Waals surface area contributed by atoms with Gasteiger partial charge in [-0.05, 0) is 42.0 Å². The molecule has 0 saturated carbocycles. The summed E-state index contributed by atoms with van der Waals surface area (Å²) in [5, 5.41) is 12.9. The van der Waals surface area contributed by atoms with Crippen molar-refractivity contribution in [3.05, 3.63) is 10.0 Å². The van der Waals surface area contributed by atoms with Crippen molar-refractivity contribution < 1.29 is 14.6 Å². The molecule has 2 aromatic heterocycles. The number of carbonyl (C=O) groups is 1. The minimum absolute atomic E-state index is 0.330. The van der Waals surface area contributed by atoms with E-state index in [-0.39, 0.29) is 0 Å². The molecule has 3 rings (SSSR count). The number of fused-ring (bicyclic) bond motifs is 1. The molecule has 0 radical (unpaired) electrons. The van der Waals surface area contributed by atoms with Crippen molar-refractivity contribution in [2.24, 2.45) is 0 Å². The fraction of sp³-hybridized carbons (Fsp3) is 0.600. The van der Waals surface area contributed by atoms with Crippen molar-refractivity contribution in [2.75, 3.05) is 39.1 Å². The van der Waals surface area contributed by atoms with Gasteiger partial charge < -0.3 is 15.6 Å². The Kier molecular flexibility index (Phi) is 7.32. The van der Waals surface area contributed by atoms with E-state index in [1.54, 1.807) is 7.11 Å². The molecule has 0 aromatic carbocycles. The number of likely N-dealkylation sites (tertiary alicyclic amines) is 1. The Balaban J connectivity index is 0.000000511. The summed E-state index contributed by atoms with van der Waals surface area (Å²) in [7, 11) is 1.74. The van der Waals surface area contributed by atoms with Crippen LogP contribution in [-0.4, -0.2) is 69.1 Å². The van der Waals surface area contributed by atoms with Gasteiger partial charge in [-0.25, -0.2) is 14.6 Å². The van der Waals surface area contributed by atoms with Gasteiger partial charge >= 0.3 is 0 Å². The standard InChI is InChI=1S/C13H19IN6O.C2H4O2/c1-21-6-5-19-4-2-3-9(7-19)20-13-10(11(14)18-20)12(15)16-8-17-13;1-2(3)4/h8-9H,2-7H2,1H3,(H2,15,16,17);1H3,(H,3,4)/t9-;/m0./s1. The molecule has 3 N–H and O–H groups in total. The number of nitrogens with zero attached hydrogens (tertiary/aromatic N) is 5. The van der Waals surface area contributed by atoms with Crippen LogP contribution in [0.1, 0.15) is 25.8 Å². The first kappa shape index (κ1) is 19.8. The second-order valence-electron chi connectivity index (χ2n) is 5.80. The molecule has 0 amide bonds. The van der Waals surface area contributed by atoms with Gasteiger partial charge in [-0.15, -0.1) is 0 Å². The minimum Gasteiger partial charge on any atom is -0.481 e. The van der Waals surface area contributed by atoms with Gasteiger partial charge in [0.25, 0.3) is 5.97 Å². The SMILES string of the molecule is CC(=O)O.COCCN1CCC[C@H](n2nc(I)c3c(N)ncnc32)C1. The second-order valence-corrected chi connectivity index (χ2v) is 6.82. The molecule has 1 fully saturated rings. The van der Waals surface area contributed by atoms with Crippen molar-refractivity contribution in [2.45, 2.75) is 25.8 Å². The third-order valence-corrected chi connectivity index (χ3v) is 4.67. The number of carboxylic acid groups (broad SMARTS) is 1. The first-order valence-corrected chi connectivity index (χ1v) is 9.07. The van der Waals surface area contributed by atoms with E-state index in [1.165, 1.54) is 6.33 Å². The lowest BCUT2D eigenvalue weighted by Gasteiger charge is -2.32. The molecule has 1 saturated heterocycles. The van der Waals surface area contributed by atoms with E-state index in [9.17, 15) is 0 Å². The molecular formula is C15H23IN6O3. The largest absolute Gasteiger partial charge is 0.481 e. The van der Waals surface area contributed by atoms with Gasteiger partial charge in [-0.1, -0.05) is 0 Å². The van der Waals surface area contributed by atoms with E-state index in [2.05, 4.69) is 42.6 Å². The van der Waals surface area contributed by atoms with E-state index in [0.29, 0.717) is 11.9 Å². The molecule has 1 aliphatic rings. The summed E-state index contributed by atoms with van der Waals surface area (Å²) in [4.78, 5) is 19.9. The van der Waals surface area contributed by atoms with Gasteiger partial charge in [-0.3, -0.25) is 9.69 Å². The van der Waals surface area contributed by atoms with Crippen molar-refractivity contribution in [1.29, 1.82) is 0 Å². The highest BCUT2D eigenvalue weighted by Crippen LogP contribution is 2.28. The van der Waals surface area contributed by atoms with Gasteiger partial charge in [0.2, 0.25) is 0 Å². The molecule has 0 bridgehead atoms. The number of anilines is 1. The molecule has 138 valence electrons. The van der Waals surface area contributed by atoms with E-state index in [0.717, 1.165) is 60.7 Å². The summed E-state index contributed by atoms with van der Waals surface area (Å²) in [6.45, 7) is 4.90. The fourth-order valence-electron chi connectivity index (χ4n) is 2.86. The maximum atomic E-state index is 9.00. The van der Waals surface area contributed by atoms with Crippen LogP contribution in [0.3, 0.4) is 0 Å². The summed E-state index contributed by atoms with van der Waals surface area (Å²) in [5.74, 6) is -0.331. The topological polar surface area (TPSA) is 119 Å². The molecule has 3 heterocycles. The van der Waals surface area contributed by atoms with Crippen LogP contribution in [-0.2, 0) is 9.53 Å². The highest BCUT2D eigenvalue weighted by Gasteiger charge is 2.25. The van der Waals surface area contributed by atoms with Gasteiger partial charge in [-0.2, -0.15) is 5.10 Å². The highest BCUT2D eigenvalue weighted by molar-refractivity contribution is 14.1. The van der Waals surface area contributed by atoms with Crippen molar-refractivity contribution >= 4 is 45.4 Å². The molecule has 1 atom stereocenters. The minimum atomic E-state index is -0.833. The molecule has 9 nitrogen and oxygen atoms in total. The molecule has 0 unspecified atom stereocenters. The van der Waals surface area contributed by atoms with Crippen molar-refractivity contribution in [3.8, 4) is 0 Å². The van der Waals surface area contributed by atoms with Gasteiger partial charge in [0.1, 0.15) is 15.8 Å². The van der Waals surface area contributed by atoms with Crippen LogP contribution >= 0.6 is 22.6 Å². The lowest BCUT2D eigenvalue weighted by atomic mass is 10.1. The normalized spacial score (nSPS) is 18.0. The van der Waals surface area contributed by atoms with E-state index in [1.807, 2.05) is 4.68 Å². The zero-order chi connectivity index (χ0) is 18.4. The van der Waals surface area contributed by atoms with Crippen LogP contribution in [0.25, 0.3) is 11.0 Å². The number of nitrogens with two attached hydrogens (primary N) is 1. The number of halogens is 1. The van der Waals surface area contributed by atoms with Crippen LogP contribution in [0.5, 0.6) is 0 Å². The summed E-state index contributed by atoms with van der Waals surface area (Å²) in [6.07, 6.45) is 3.78. The number of aromatic nitrogens is 4. The smallest absolute Gasteiger partial charge is 0.300 e. The average molecular weight is 462 g/mol. The van der Waals surface area contributed by atoms with E-state index < -0.39 is 5.97 Å². The Morgan fingerprint density at radius 2 is 2.24 bits per heavy atom. The van der Waals surface area contributed by atoms with Crippen LogP contribution in [0.4, 0.5) is 5.82 Å². The fourth-order valence-corrected chi connectivity index (χ4v) is 3.61. The monoisotopic (exact) mass is 462 g/mol. The summed E-state index contributed by atoms with van der Waals surface area (Å²) < 4.78 is 8.07. The Morgan fingerprint density at radius 3 is 2.92 bits per heavy atom. The van der Waals surface area contributed by atoms with Crippen LogP contribution in [0, 0.1) is 3.70 Å². The van der Waals surface area contributed by atoms with Crippen LogP contribution in [0.15, 0.2) is 6.33 Å². The predicted molar refractivity (Wildman–Crippen MR) is 102 cm³/mol. The van der Waals surface area contributed by atoms with Crippen molar-refractivity contribution in [1.82, 2.24) is 24.6 Å². The average Bonchev–Trinajstić information content (AvgIpc) is 2.91. The zero-order valence-corrected chi connectivity index (χ0v) is 16.5. The highest BCUT2D eigenvalue weighted by atomic mass is 127. The Labute approximate surface area is 159 Å². The molecule has 0 aliphatic carbocycles. The number of ether oxygens (including phenoxy) is 1. The van der Waals surface area contributed by atoms with Crippen LogP contribution < -0.4 is 5.73 Å². The number of aliphatic carboxylic acids is 1. The molecular weight excluding hydrogens is 439 g/mol. The molecule has 1 aliphatic heterocycles. The van der Waals surface area contributed by atoms with E-state index >= 15 is 0 Å². The lowest BCUT2D eigenvalue weighted by molar-refractivity contribution is -0.134. The van der Waals surface area contributed by atoms with Gasteiger partial charge in [0.15, 0.2) is 5.65 Å². The number of carboxylic acids is 1. The Bertz CT molecular complexity index is 719. The van der Waals surface area contributed by atoms with Crippen LogP contribution in [0.2, 0.25) is 0 Å².